The molecule has 0 aliphatic heterocycles. The van der Waals surface area contributed by atoms with E-state index in [4.69, 9.17) is 0 Å². The van der Waals surface area contributed by atoms with E-state index in [9.17, 15) is 18.0 Å². The molecule has 0 aliphatic rings. The minimum absolute atomic E-state index is 0.168. The number of alkyl halides is 3. The van der Waals surface area contributed by atoms with Gasteiger partial charge < -0.3 is 10.6 Å². The van der Waals surface area contributed by atoms with E-state index >= 15 is 0 Å². The average molecular weight is 377 g/mol. The summed E-state index contributed by atoms with van der Waals surface area (Å²) in [4.78, 5) is 17.2. The van der Waals surface area contributed by atoms with Gasteiger partial charge in [-0.3, -0.25) is 4.98 Å². The first-order chi connectivity index (χ1) is 12.4. The molecule has 26 heavy (non-hydrogen) atoms. The molecule has 0 saturated carbocycles. The van der Waals surface area contributed by atoms with Crippen molar-refractivity contribution in [2.24, 2.45) is 0 Å². The number of hydrogen-bond acceptors (Lipinski definition) is 3. The number of carbonyl (C=O) groups excluding carboxylic acids is 1. The van der Waals surface area contributed by atoms with Crippen LogP contribution in [-0.4, -0.2) is 11.0 Å². The summed E-state index contributed by atoms with van der Waals surface area (Å²) in [7, 11) is 0. The molecular weight excluding hydrogens is 363 g/mol. The zero-order chi connectivity index (χ0) is 18.6. The predicted molar refractivity (Wildman–Crippen MR) is 94.9 cm³/mol. The molecule has 4 nitrogen and oxygen atoms in total. The van der Waals surface area contributed by atoms with Gasteiger partial charge in [0.2, 0.25) is 0 Å². The number of anilines is 1. The molecule has 2 heterocycles. The van der Waals surface area contributed by atoms with E-state index in [1.54, 1.807) is 23.6 Å². The van der Waals surface area contributed by atoms with Gasteiger partial charge in [-0.25, -0.2) is 4.79 Å². The molecule has 0 atom stereocenters. The molecule has 0 fully saturated rings. The van der Waals surface area contributed by atoms with Crippen LogP contribution in [0, 0.1) is 0 Å². The van der Waals surface area contributed by atoms with E-state index in [1.165, 1.54) is 18.2 Å². The number of halogens is 3. The number of hydrogen-bond donors (Lipinski definition) is 2. The average Bonchev–Trinajstić information content (AvgIpc) is 3.14. The molecule has 8 heteroatoms. The van der Waals surface area contributed by atoms with Crippen molar-refractivity contribution in [2.45, 2.75) is 12.7 Å². The summed E-state index contributed by atoms with van der Waals surface area (Å²) >= 11 is 1.55. The maximum Gasteiger partial charge on any atom is 0.418 e. The van der Waals surface area contributed by atoms with Gasteiger partial charge in [-0.1, -0.05) is 18.2 Å². The number of carbonyl (C=O) groups is 1. The molecule has 134 valence electrons. The van der Waals surface area contributed by atoms with E-state index in [2.05, 4.69) is 15.6 Å². The molecule has 0 bridgehead atoms. The maximum absolute atomic E-state index is 13.0. The molecule has 0 spiro atoms. The molecule has 0 saturated heterocycles. The van der Waals surface area contributed by atoms with E-state index in [0.29, 0.717) is 0 Å². The Morgan fingerprint density at radius 2 is 1.92 bits per heavy atom. The molecule has 2 amide bonds. The number of rotatable bonds is 4. The molecule has 1 aromatic carbocycles. The zero-order valence-corrected chi connectivity index (χ0v) is 14.2. The van der Waals surface area contributed by atoms with Crippen LogP contribution in [0.4, 0.5) is 23.7 Å². The Morgan fingerprint density at radius 1 is 1.12 bits per heavy atom. The third kappa shape index (κ3) is 4.40. The molecule has 0 radical (unpaired) electrons. The minimum Gasteiger partial charge on any atom is -0.334 e. The highest BCUT2D eigenvalue weighted by atomic mass is 32.1. The highest BCUT2D eigenvalue weighted by molar-refractivity contribution is 7.13. The van der Waals surface area contributed by atoms with Gasteiger partial charge in [0.15, 0.2) is 0 Å². The van der Waals surface area contributed by atoms with Crippen molar-refractivity contribution in [3.8, 4) is 10.6 Å². The number of nitrogens with one attached hydrogen (secondary N) is 2. The highest BCUT2D eigenvalue weighted by Gasteiger charge is 2.33. The fourth-order valence-electron chi connectivity index (χ4n) is 2.33. The fraction of sp³-hybridized carbons (Fsp3) is 0.111. The van der Waals surface area contributed by atoms with Crippen LogP contribution >= 0.6 is 11.3 Å². The fourth-order valence-corrected chi connectivity index (χ4v) is 3.02. The summed E-state index contributed by atoms with van der Waals surface area (Å²) in [6, 6.07) is 11.5. The summed E-state index contributed by atoms with van der Waals surface area (Å²) in [5, 5.41) is 6.74. The first-order valence-electron chi connectivity index (χ1n) is 7.63. The number of thiophene rings is 1. The lowest BCUT2D eigenvalue weighted by atomic mass is 10.1. The van der Waals surface area contributed by atoms with Crippen molar-refractivity contribution < 1.29 is 18.0 Å². The smallest absolute Gasteiger partial charge is 0.334 e. The van der Waals surface area contributed by atoms with Crippen LogP contribution in [0.2, 0.25) is 0 Å². The number of para-hydroxylation sites is 1. The second-order valence-corrected chi connectivity index (χ2v) is 6.33. The van der Waals surface area contributed by atoms with Gasteiger partial charge in [-0.15, -0.1) is 11.3 Å². The second kappa shape index (κ2) is 7.57. The number of nitrogens with zero attached hydrogens (tertiary/aromatic N) is 1. The number of pyridine rings is 1. The van der Waals surface area contributed by atoms with Gasteiger partial charge >= 0.3 is 12.2 Å². The quantitative estimate of drug-likeness (QED) is 0.661. The van der Waals surface area contributed by atoms with E-state index in [1.807, 2.05) is 23.6 Å². The van der Waals surface area contributed by atoms with E-state index in [-0.39, 0.29) is 12.2 Å². The van der Waals surface area contributed by atoms with Crippen LogP contribution < -0.4 is 10.6 Å². The molecule has 2 N–H and O–H groups in total. The summed E-state index contributed by atoms with van der Waals surface area (Å²) < 4.78 is 38.9. The van der Waals surface area contributed by atoms with Crippen LogP contribution in [0.3, 0.4) is 0 Å². The SMILES string of the molecule is O=C(NCc1ccnc(-c2cccs2)c1)Nc1ccccc1C(F)(F)F. The number of amides is 2. The van der Waals surface area contributed by atoms with Gasteiger partial charge in [0.1, 0.15) is 0 Å². The Balaban J connectivity index is 1.65. The Bertz CT molecular complexity index is 895. The molecule has 0 unspecified atom stereocenters. The van der Waals surface area contributed by atoms with Gasteiger partial charge in [0.05, 0.1) is 21.8 Å². The molecule has 3 rings (SSSR count). The number of aromatic nitrogens is 1. The normalized spacial score (nSPS) is 11.2. The van der Waals surface area contributed by atoms with E-state index in [0.717, 1.165) is 22.2 Å². The summed E-state index contributed by atoms with van der Waals surface area (Å²) in [5.41, 5.74) is 0.398. The first kappa shape index (κ1) is 17.9. The lowest BCUT2D eigenvalue weighted by molar-refractivity contribution is -0.136. The molecule has 0 aliphatic carbocycles. The van der Waals surface area contributed by atoms with Crippen LogP contribution in [0.1, 0.15) is 11.1 Å². The lowest BCUT2D eigenvalue weighted by Gasteiger charge is -2.14. The van der Waals surface area contributed by atoms with Gasteiger partial charge in [0, 0.05) is 12.7 Å². The number of urea groups is 1. The Morgan fingerprint density at radius 3 is 2.65 bits per heavy atom. The van der Waals surface area contributed by atoms with E-state index < -0.39 is 17.8 Å². The Kier molecular flexibility index (Phi) is 5.22. The zero-order valence-electron chi connectivity index (χ0n) is 13.4. The first-order valence-corrected chi connectivity index (χ1v) is 8.51. The standard InChI is InChI=1S/C18H14F3N3OS/c19-18(20,21)13-4-1-2-5-14(13)24-17(25)23-11-12-7-8-22-15(10-12)16-6-3-9-26-16/h1-10H,11H2,(H2,23,24,25). The van der Waals surface area contributed by atoms with Crippen LogP contribution in [0.25, 0.3) is 10.6 Å². The van der Waals surface area contributed by atoms with Crippen LogP contribution in [0.15, 0.2) is 60.1 Å². The minimum atomic E-state index is -4.54. The number of benzene rings is 1. The van der Waals surface area contributed by atoms with Crippen molar-refractivity contribution in [3.05, 3.63) is 71.2 Å². The molecule has 2 aromatic heterocycles. The van der Waals surface area contributed by atoms with Gasteiger partial charge in [-0.05, 0) is 41.3 Å². The Hall–Kier alpha value is -2.87. The van der Waals surface area contributed by atoms with Crippen LogP contribution in [-0.2, 0) is 12.7 Å². The summed E-state index contributed by atoms with van der Waals surface area (Å²) in [5.74, 6) is 0. The van der Waals surface area contributed by atoms with Crippen molar-refractivity contribution >= 4 is 23.1 Å². The Labute approximate surface area is 151 Å². The predicted octanol–water partition coefficient (Wildman–Crippen LogP) is 5.15. The van der Waals surface area contributed by atoms with Crippen LogP contribution in [0.5, 0.6) is 0 Å². The molecule has 3 aromatic rings. The van der Waals surface area contributed by atoms with Crippen molar-refractivity contribution in [3.63, 3.8) is 0 Å². The van der Waals surface area contributed by atoms with Crippen molar-refractivity contribution in [1.29, 1.82) is 0 Å². The highest BCUT2D eigenvalue weighted by Crippen LogP contribution is 2.34. The molecular formula is C18H14F3N3OS. The second-order valence-electron chi connectivity index (χ2n) is 5.38. The monoisotopic (exact) mass is 377 g/mol. The third-order valence-electron chi connectivity index (χ3n) is 3.53. The van der Waals surface area contributed by atoms with Gasteiger partial charge in [0.25, 0.3) is 0 Å². The van der Waals surface area contributed by atoms with Crippen molar-refractivity contribution in [2.75, 3.05) is 5.32 Å². The lowest BCUT2D eigenvalue weighted by Crippen LogP contribution is -2.29. The summed E-state index contributed by atoms with van der Waals surface area (Å²) in [6.07, 6.45) is -2.91. The van der Waals surface area contributed by atoms with Gasteiger partial charge in [-0.2, -0.15) is 13.2 Å². The topological polar surface area (TPSA) is 54.0 Å². The van der Waals surface area contributed by atoms with Crippen molar-refractivity contribution in [1.82, 2.24) is 10.3 Å². The largest absolute Gasteiger partial charge is 0.418 e. The third-order valence-corrected chi connectivity index (χ3v) is 4.42. The summed E-state index contributed by atoms with van der Waals surface area (Å²) in [6.45, 7) is 0.168. The maximum atomic E-state index is 13.0.